The van der Waals surface area contributed by atoms with Crippen molar-refractivity contribution in [3.05, 3.63) is 47.5 Å². The van der Waals surface area contributed by atoms with Crippen LogP contribution in [0.25, 0.3) is 22.2 Å². The summed E-state index contributed by atoms with van der Waals surface area (Å²) in [6, 6.07) is 12.9. The van der Waals surface area contributed by atoms with E-state index in [4.69, 9.17) is 9.47 Å². The van der Waals surface area contributed by atoms with E-state index in [1.807, 2.05) is 21.9 Å². The molecule has 0 unspecified atom stereocenters. The summed E-state index contributed by atoms with van der Waals surface area (Å²) in [5, 5.41) is 10.5. The second-order valence-corrected chi connectivity index (χ2v) is 14.5. The van der Waals surface area contributed by atoms with E-state index in [2.05, 4.69) is 48.0 Å². The van der Waals surface area contributed by atoms with Crippen molar-refractivity contribution in [2.75, 3.05) is 66.6 Å². The lowest BCUT2D eigenvalue weighted by Gasteiger charge is -2.38. The molecule has 2 aromatic carbocycles. The van der Waals surface area contributed by atoms with Crippen molar-refractivity contribution in [3.8, 4) is 22.8 Å². The number of nitrogens with zero attached hydrogens (tertiary/aromatic N) is 3. The van der Waals surface area contributed by atoms with Crippen molar-refractivity contribution in [1.29, 1.82) is 0 Å². The maximum atomic E-state index is 13.5. The fourth-order valence-electron chi connectivity index (χ4n) is 8.34. The minimum atomic E-state index is -0.0157. The van der Waals surface area contributed by atoms with Gasteiger partial charge in [0.1, 0.15) is 0 Å². The highest BCUT2D eigenvalue weighted by Crippen LogP contribution is 2.40. The molecule has 4 heterocycles. The summed E-state index contributed by atoms with van der Waals surface area (Å²) in [7, 11) is 3.32. The van der Waals surface area contributed by atoms with E-state index in [0.29, 0.717) is 42.3 Å². The summed E-state index contributed by atoms with van der Waals surface area (Å²) in [5.74, 6) is 3.12. The van der Waals surface area contributed by atoms with Crippen LogP contribution >= 0.6 is 0 Å². The number of H-pyrrole nitrogens is 1. The average molecular weight is 659 g/mol. The Hall–Kier alpha value is -3.56. The monoisotopic (exact) mass is 658 g/mol. The predicted molar refractivity (Wildman–Crippen MR) is 190 cm³/mol. The first-order valence-corrected chi connectivity index (χ1v) is 18.1. The Bertz CT molecular complexity index is 1570. The van der Waals surface area contributed by atoms with Gasteiger partial charge in [0.15, 0.2) is 11.5 Å². The first-order chi connectivity index (χ1) is 23.3. The van der Waals surface area contributed by atoms with Gasteiger partial charge in [-0.2, -0.15) is 0 Å². The second-order valence-electron chi connectivity index (χ2n) is 14.5. The van der Waals surface area contributed by atoms with Crippen LogP contribution in [0.2, 0.25) is 0 Å². The number of carbonyl (C=O) groups excluding carboxylic acids is 2. The molecule has 48 heavy (non-hydrogen) atoms. The third-order valence-electron chi connectivity index (χ3n) is 11.1. The predicted octanol–water partition coefficient (Wildman–Crippen LogP) is 6.01. The third-order valence-corrected chi connectivity index (χ3v) is 11.1. The number of nitrogens with one attached hydrogen (secondary N) is 1. The molecule has 0 aliphatic carbocycles. The molecule has 3 saturated heterocycles. The van der Waals surface area contributed by atoms with Crippen LogP contribution in [-0.4, -0.2) is 103 Å². The fraction of sp³-hybridized carbons (Fsp3) is 0.590. The first kappa shape index (κ1) is 34.3. The van der Waals surface area contributed by atoms with Gasteiger partial charge < -0.3 is 29.4 Å². The van der Waals surface area contributed by atoms with Crippen LogP contribution in [0.5, 0.6) is 11.5 Å². The van der Waals surface area contributed by atoms with Gasteiger partial charge in [-0.3, -0.25) is 14.5 Å². The largest absolute Gasteiger partial charge is 0.493 e. The van der Waals surface area contributed by atoms with Gasteiger partial charge >= 0.3 is 0 Å². The van der Waals surface area contributed by atoms with Crippen LogP contribution in [-0.2, 0) is 9.59 Å². The molecule has 2 N–H and O–H groups in total. The minimum Gasteiger partial charge on any atom is -0.493 e. The molecule has 0 radical (unpaired) electrons. The van der Waals surface area contributed by atoms with E-state index in [-0.39, 0.29) is 24.3 Å². The normalized spacial score (nSPS) is 20.1. The van der Waals surface area contributed by atoms with E-state index in [1.54, 1.807) is 14.2 Å². The number of piperidine rings is 3. The Morgan fingerprint density at radius 3 is 2.31 bits per heavy atom. The van der Waals surface area contributed by atoms with Gasteiger partial charge in [0, 0.05) is 55.8 Å². The standard InChI is InChI=1S/C39H54N4O5/c1-26(2)37-32-22-29(7-9-33(32)40-38(37)30-8-10-34(47-3)35(23-30)48-4)28-13-19-42(20-14-28)36(45)25-41-16-5-6-31(24-41)39(46)43-17-11-27(12-18-43)15-21-44/h7-10,22-23,26-28,31,40,44H,5-6,11-21,24-25H2,1-4H3/t31-/m1/s1. The third kappa shape index (κ3) is 7.37. The number of rotatable bonds is 10. The molecule has 260 valence electrons. The van der Waals surface area contributed by atoms with Gasteiger partial charge in [0.25, 0.3) is 0 Å². The number of methoxy groups -OCH3 is 2. The Morgan fingerprint density at radius 1 is 0.896 bits per heavy atom. The lowest BCUT2D eigenvalue weighted by Crippen LogP contribution is -2.50. The molecule has 3 aliphatic rings. The van der Waals surface area contributed by atoms with Crippen LogP contribution in [0, 0.1) is 11.8 Å². The van der Waals surface area contributed by atoms with E-state index in [1.165, 1.54) is 16.5 Å². The Balaban J connectivity index is 1.06. The maximum Gasteiger partial charge on any atom is 0.236 e. The van der Waals surface area contributed by atoms with Crippen LogP contribution in [0.1, 0.15) is 81.8 Å². The molecule has 1 aromatic heterocycles. The van der Waals surface area contributed by atoms with Crippen molar-refractivity contribution < 1.29 is 24.2 Å². The SMILES string of the molecule is COc1ccc(-c2[nH]c3ccc(C4CCN(C(=O)CN5CCC[C@@H](C(=O)N6CCC(CCO)CC6)C5)CC4)cc3c2C(C)C)cc1OC. The number of carbonyl (C=O) groups is 2. The van der Waals surface area contributed by atoms with Crippen molar-refractivity contribution in [3.63, 3.8) is 0 Å². The molecule has 2 amide bonds. The summed E-state index contributed by atoms with van der Waals surface area (Å²) in [6.07, 6.45) is 6.57. The molecule has 0 bridgehead atoms. The Morgan fingerprint density at radius 2 is 1.62 bits per heavy atom. The molecular formula is C39H54N4O5. The van der Waals surface area contributed by atoms with Crippen LogP contribution in [0.15, 0.2) is 36.4 Å². The molecule has 0 spiro atoms. The summed E-state index contributed by atoms with van der Waals surface area (Å²) in [5.41, 5.74) is 5.96. The molecule has 0 saturated carbocycles. The van der Waals surface area contributed by atoms with Gasteiger partial charge in [-0.1, -0.05) is 19.9 Å². The van der Waals surface area contributed by atoms with Gasteiger partial charge in [0.05, 0.1) is 32.4 Å². The van der Waals surface area contributed by atoms with E-state index in [9.17, 15) is 14.7 Å². The van der Waals surface area contributed by atoms with Crippen molar-refractivity contribution >= 4 is 22.7 Å². The van der Waals surface area contributed by atoms with Crippen LogP contribution in [0.3, 0.4) is 0 Å². The number of aliphatic hydroxyl groups excluding tert-OH is 1. The number of ether oxygens (including phenoxy) is 2. The van der Waals surface area contributed by atoms with Gasteiger partial charge in [-0.05, 0) is 111 Å². The summed E-state index contributed by atoms with van der Waals surface area (Å²) < 4.78 is 11.1. The number of fused-ring (bicyclic) bond motifs is 1. The number of benzene rings is 2. The number of aliphatic hydroxyl groups is 1. The number of hydrogen-bond acceptors (Lipinski definition) is 6. The number of hydrogen-bond donors (Lipinski definition) is 2. The highest BCUT2D eigenvalue weighted by atomic mass is 16.5. The summed E-state index contributed by atoms with van der Waals surface area (Å²) in [4.78, 5) is 36.7. The quantitative estimate of drug-likeness (QED) is 0.277. The Labute approximate surface area is 285 Å². The summed E-state index contributed by atoms with van der Waals surface area (Å²) in [6.45, 7) is 9.80. The molecule has 1 atom stereocenters. The smallest absolute Gasteiger partial charge is 0.236 e. The van der Waals surface area contributed by atoms with Gasteiger partial charge in [-0.25, -0.2) is 0 Å². The van der Waals surface area contributed by atoms with E-state index in [0.717, 1.165) is 94.4 Å². The first-order valence-electron chi connectivity index (χ1n) is 18.1. The number of aromatic amines is 1. The maximum absolute atomic E-state index is 13.5. The molecule has 3 fully saturated rings. The molecule has 9 nitrogen and oxygen atoms in total. The van der Waals surface area contributed by atoms with Crippen LogP contribution in [0.4, 0.5) is 0 Å². The number of likely N-dealkylation sites (tertiary alicyclic amines) is 3. The zero-order chi connectivity index (χ0) is 33.8. The van der Waals surface area contributed by atoms with E-state index >= 15 is 0 Å². The highest BCUT2D eigenvalue weighted by Gasteiger charge is 2.33. The molecule has 3 aromatic rings. The van der Waals surface area contributed by atoms with Crippen molar-refractivity contribution in [1.82, 2.24) is 19.7 Å². The topological polar surface area (TPSA) is 98.3 Å². The van der Waals surface area contributed by atoms with Crippen LogP contribution < -0.4 is 9.47 Å². The van der Waals surface area contributed by atoms with Crippen molar-refractivity contribution in [2.45, 2.75) is 70.6 Å². The van der Waals surface area contributed by atoms with Gasteiger partial charge in [0.2, 0.25) is 11.8 Å². The lowest BCUT2D eigenvalue weighted by molar-refractivity contribution is -0.141. The van der Waals surface area contributed by atoms with E-state index < -0.39 is 0 Å². The molecule has 9 heteroatoms. The fourth-order valence-corrected chi connectivity index (χ4v) is 8.34. The zero-order valence-corrected chi connectivity index (χ0v) is 29.3. The minimum absolute atomic E-state index is 0.0157. The van der Waals surface area contributed by atoms with Crippen molar-refractivity contribution in [2.24, 2.45) is 11.8 Å². The summed E-state index contributed by atoms with van der Waals surface area (Å²) >= 11 is 0. The molecular weight excluding hydrogens is 604 g/mol. The molecule has 3 aliphatic heterocycles. The Kier molecular flexibility index (Phi) is 11.0. The highest BCUT2D eigenvalue weighted by molar-refractivity contribution is 5.92. The zero-order valence-electron chi connectivity index (χ0n) is 29.3. The number of aromatic nitrogens is 1. The molecule has 6 rings (SSSR count). The van der Waals surface area contributed by atoms with Gasteiger partial charge in [-0.15, -0.1) is 0 Å². The average Bonchev–Trinajstić information content (AvgIpc) is 3.51. The second kappa shape index (κ2) is 15.3. The lowest BCUT2D eigenvalue weighted by atomic mass is 9.87. The number of amides is 2.